The number of aryl methyl sites for hydroxylation is 1. The number of anilines is 3. The fraction of sp³-hybridized carbons (Fsp3) is 0.320. The summed E-state index contributed by atoms with van der Waals surface area (Å²) >= 11 is 0. The van der Waals surface area contributed by atoms with Gasteiger partial charge in [-0.3, -0.25) is 4.79 Å². The van der Waals surface area contributed by atoms with Crippen molar-refractivity contribution in [2.45, 2.75) is 26.3 Å². The molecule has 1 amide bonds. The Balaban J connectivity index is 1.39. The van der Waals surface area contributed by atoms with E-state index in [2.05, 4.69) is 56.7 Å². The van der Waals surface area contributed by atoms with E-state index in [0.717, 1.165) is 42.2 Å². The number of amides is 1. The number of rotatable bonds is 7. The topological polar surface area (TPSA) is 79.4 Å². The third-order valence-corrected chi connectivity index (χ3v) is 5.70. The van der Waals surface area contributed by atoms with Crippen molar-refractivity contribution < 1.29 is 9.53 Å². The van der Waals surface area contributed by atoms with E-state index in [4.69, 9.17) is 4.74 Å². The van der Waals surface area contributed by atoms with E-state index < -0.39 is 0 Å². The first-order valence-electron chi connectivity index (χ1n) is 10.9. The predicted octanol–water partition coefficient (Wildman–Crippen LogP) is 4.07. The number of carbonyl (C=O) groups is 1. The van der Waals surface area contributed by atoms with Crippen LogP contribution in [0.25, 0.3) is 0 Å². The number of carbonyl (C=O) groups excluding carboxylic acids is 1. The number of nitrogens with zero attached hydrogens (tertiary/aromatic N) is 3. The SMILES string of the molecule is COc1ccccc1Nc1nccc(N2CCCC(C(=O)NCc3ccc(C)cc3)C2)n1. The Bertz CT molecular complexity index is 1050. The molecule has 1 aliphatic heterocycles. The molecule has 0 spiro atoms. The maximum Gasteiger partial charge on any atom is 0.229 e. The van der Waals surface area contributed by atoms with Crippen LogP contribution in [-0.2, 0) is 11.3 Å². The highest BCUT2D eigenvalue weighted by Crippen LogP contribution is 2.27. The molecule has 1 aliphatic rings. The summed E-state index contributed by atoms with van der Waals surface area (Å²) in [6, 6.07) is 17.8. The van der Waals surface area contributed by atoms with Gasteiger partial charge in [-0.2, -0.15) is 4.98 Å². The van der Waals surface area contributed by atoms with Gasteiger partial charge in [0, 0.05) is 25.8 Å². The molecule has 1 aromatic heterocycles. The van der Waals surface area contributed by atoms with Crippen molar-refractivity contribution in [3.05, 3.63) is 71.9 Å². The number of nitrogens with one attached hydrogen (secondary N) is 2. The number of aromatic nitrogens is 2. The molecule has 0 saturated carbocycles. The molecule has 2 heterocycles. The van der Waals surface area contributed by atoms with Crippen molar-refractivity contribution in [1.82, 2.24) is 15.3 Å². The van der Waals surface area contributed by atoms with Crippen LogP contribution in [-0.4, -0.2) is 36.1 Å². The van der Waals surface area contributed by atoms with Gasteiger partial charge >= 0.3 is 0 Å². The normalized spacial score (nSPS) is 15.8. The zero-order chi connectivity index (χ0) is 22.3. The zero-order valence-electron chi connectivity index (χ0n) is 18.5. The molecule has 0 radical (unpaired) electrons. The zero-order valence-corrected chi connectivity index (χ0v) is 18.5. The minimum Gasteiger partial charge on any atom is -0.495 e. The Labute approximate surface area is 188 Å². The number of methoxy groups -OCH3 is 1. The highest BCUT2D eigenvalue weighted by Gasteiger charge is 2.26. The minimum absolute atomic E-state index is 0.0604. The van der Waals surface area contributed by atoms with Crippen molar-refractivity contribution in [1.29, 1.82) is 0 Å². The van der Waals surface area contributed by atoms with Crippen molar-refractivity contribution >= 4 is 23.4 Å². The van der Waals surface area contributed by atoms with Gasteiger partial charge in [0.15, 0.2) is 0 Å². The predicted molar refractivity (Wildman–Crippen MR) is 126 cm³/mol. The van der Waals surface area contributed by atoms with Crippen LogP contribution in [0, 0.1) is 12.8 Å². The van der Waals surface area contributed by atoms with Crippen LogP contribution in [0.2, 0.25) is 0 Å². The number of hydrogen-bond donors (Lipinski definition) is 2. The van der Waals surface area contributed by atoms with Crippen LogP contribution in [0.1, 0.15) is 24.0 Å². The van der Waals surface area contributed by atoms with Crippen molar-refractivity contribution in [3.8, 4) is 5.75 Å². The lowest BCUT2D eigenvalue weighted by Gasteiger charge is -2.33. The monoisotopic (exact) mass is 431 g/mol. The first-order valence-corrected chi connectivity index (χ1v) is 10.9. The first-order chi connectivity index (χ1) is 15.6. The molecule has 7 nitrogen and oxygen atoms in total. The lowest BCUT2D eigenvalue weighted by atomic mass is 9.97. The largest absolute Gasteiger partial charge is 0.495 e. The molecule has 1 atom stereocenters. The summed E-state index contributed by atoms with van der Waals surface area (Å²) < 4.78 is 5.39. The van der Waals surface area contributed by atoms with Gasteiger partial charge in [-0.1, -0.05) is 42.0 Å². The van der Waals surface area contributed by atoms with Gasteiger partial charge in [0.2, 0.25) is 11.9 Å². The summed E-state index contributed by atoms with van der Waals surface area (Å²) in [6.07, 6.45) is 3.57. The smallest absolute Gasteiger partial charge is 0.229 e. The number of benzene rings is 2. The van der Waals surface area contributed by atoms with Crippen LogP contribution in [0.5, 0.6) is 5.75 Å². The molecule has 4 rings (SSSR count). The maximum atomic E-state index is 12.8. The van der Waals surface area contributed by atoms with Crippen molar-refractivity contribution in [3.63, 3.8) is 0 Å². The fourth-order valence-corrected chi connectivity index (χ4v) is 3.89. The molecule has 0 aliphatic carbocycles. The fourth-order valence-electron chi connectivity index (χ4n) is 3.89. The third-order valence-electron chi connectivity index (χ3n) is 5.70. The molecule has 0 bridgehead atoms. The summed E-state index contributed by atoms with van der Waals surface area (Å²) in [5.41, 5.74) is 3.13. The molecular formula is C25H29N5O2. The molecule has 2 N–H and O–H groups in total. The molecule has 1 saturated heterocycles. The standard InChI is InChI=1S/C25H29N5O2/c1-18-9-11-19(12-10-18)16-27-24(31)20-6-5-15-30(17-20)23-13-14-26-25(29-23)28-21-7-3-4-8-22(21)32-2/h3-4,7-14,20H,5-6,15-17H2,1-2H3,(H,27,31)(H,26,28,29). The Morgan fingerprint density at radius 3 is 2.78 bits per heavy atom. The minimum atomic E-state index is -0.0604. The quantitative estimate of drug-likeness (QED) is 0.587. The van der Waals surface area contributed by atoms with Gasteiger partial charge in [0.1, 0.15) is 11.6 Å². The number of hydrogen-bond acceptors (Lipinski definition) is 6. The van der Waals surface area contributed by atoms with E-state index in [1.807, 2.05) is 30.3 Å². The molecule has 2 aromatic carbocycles. The van der Waals surface area contributed by atoms with Crippen LogP contribution < -0.4 is 20.3 Å². The number of ether oxygens (including phenoxy) is 1. The molecule has 166 valence electrons. The Hall–Kier alpha value is -3.61. The first kappa shape index (κ1) is 21.6. The highest BCUT2D eigenvalue weighted by molar-refractivity contribution is 5.79. The highest BCUT2D eigenvalue weighted by atomic mass is 16.5. The van der Waals surface area contributed by atoms with E-state index >= 15 is 0 Å². The van der Waals surface area contributed by atoms with Gasteiger partial charge in [-0.05, 0) is 43.5 Å². The average molecular weight is 432 g/mol. The van der Waals surface area contributed by atoms with Gasteiger partial charge in [-0.15, -0.1) is 0 Å². The van der Waals surface area contributed by atoms with E-state index in [-0.39, 0.29) is 11.8 Å². The molecule has 32 heavy (non-hydrogen) atoms. The van der Waals surface area contributed by atoms with Crippen LogP contribution in [0.3, 0.4) is 0 Å². The van der Waals surface area contributed by atoms with E-state index in [0.29, 0.717) is 19.0 Å². The van der Waals surface area contributed by atoms with E-state index in [1.165, 1.54) is 5.56 Å². The van der Waals surface area contributed by atoms with E-state index in [1.54, 1.807) is 13.3 Å². The average Bonchev–Trinajstić information content (AvgIpc) is 2.84. The second-order valence-corrected chi connectivity index (χ2v) is 8.05. The van der Waals surface area contributed by atoms with Crippen LogP contribution in [0.4, 0.5) is 17.5 Å². The Morgan fingerprint density at radius 1 is 1.16 bits per heavy atom. The van der Waals surface area contributed by atoms with Crippen LogP contribution in [0.15, 0.2) is 60.8 Å². The molecule has 7 heteroatoms. The third kappa shape index (κ3) is 5.35. The maximum absolute atomic E-state index is 12.8. The van der Waals surface area contributed by atoms with Crippen LogP contribution >= 0.6 is 0 Å². The lowest BCUT2D eigenvalue weighted by molar-refractivity contribution is -0.125. The lowest BCUT2D eigenvalue weighted by Crippen LogP contribution is -2.43. The van der Waals surface area contributed by atoms with Crippen molar-refractivity contribution in [2.75, 3.05) is 30.4 Å². The molecular weight excluding hydrogens is 402 g/mol. The second kappa shape index (κ2) is 10.1. The number of piperidine rings is 1. The Morgan fingerprint density at radius 2 is 1.97 bits per heavy atom. The van der Waals surface area contributed by atoms with Gasteiger partial charge < -0.3 is 20.3 Å². The summed E-state index contributed by atoms with van der Waals surface area (Å²) in [5, 5.41) is 6.32. The summed E-state index contributed by atoms with van der Waals surface area (Å²) in [4.78, 5) is 24.0. The second-order valence-electron chi connectivity index (χ2n) is 8.05. The van der Waals surface area contributed by atoms with Crippen molar-refractivity contribution in [2.24, 2.45) is 5.92 Å². The van der Waals surface area contributed by atoms with Gasteiger partial charge in [0.25, 0.3) is 0 Å². The van der Waals surface area contributed by atoms with Gasteiger partial charge in [0.05, 0.1) is 18.7 Å². The number of para-hydroxylation sites is 2. The summed E-state index contributed by atoms with van der Waals surface area (Å²) in [7, 11) is 1.63. The van der Waals surface area contributed by atoms with Gasteiger partial charge in [-0.25, -0.2) is 4.98 Å². The molecule has 1 unspecified atom stereocenters. The summed E-state index contributed by atoms with van der Waals surface area (Å²) in [6.45, 7) is 4.12. The van der Waals surface area contributed by atoms with E-state index in [9.17, 15) is 4.79 Å². The Kier molecular flexibility index (Phi) is 6.84. The summed E-state index contributed by atoms with van der Waals surface area (Å²) in [5.74, 6) is 2.07. The molecule has 1 fully saturated rings. The molecule has 3 aromatic rings.